The summed E-state index contributed by atoms with van der Waals surface area (Å²) in [6, 6.07) is 0. The summed E-state index contributed by atoms with van der Waals surface area (Å²) in [6.07, 6.45) is 12.9. The lowest BCUT2D eigenvalue weighted by Gasteiger charge is -2.61. The molecule has 4 fully saturated rings. The molecule has 0 aromatic carbocycles. The molecule has 0 bridgehead atoms. The van der Waals surface area contributed by atoms with Crippen molar-refractivity contribution in [3.63, 3.8) is 0 Å². The molecule has 1 N–H and O–H groups in total. The van der Waals surface area contributed by atoms with Crippen LogP contribution in [0.15, 0.2) is 0 Å². The summed E-state index contributed by atoms with van der Waals surface area (Å²) >= 11 is 0. The molecule has 4 aliphatic carbocycles. The Morgan fingerprint density at radius 1 is 1.00 bits per heavy atom. The fraction of sp³-hybridized carbons (Fsp3) is 0.952. The number of carbonyl (C=O) groups excluding carboxylic acids is 1. The summed E-state index contributed by atoms with van der Waals surface area (Å²) in [5.41, 5.74) is 0.488. The Labute approximate surface area is 141 Å². The number of aliphatic hydroxyl groups excluding tert-OH is 1. The summed E-state index contributed by atoms with van der Waals surface area (Å²) in [6.45, 7) is 4.65. The van der Waals surface area contributed by atoms with Gasteiger partial charge in [0.05, 0.1) is 0 Å². The van der Waals surface area contributed by atoms with Crippen molar-refractivity contribution in [3.05, 3.63) is 0 Å². The number of carbonyl (C=O) groups is 1. The van der Waals surface area contributed by atoms with Crippen molar-refractivity contribution in [3.8, 4) is 0 Å². The molecule has 7 atom stereocenters. The van der Waals surface area contributed by atoms with Gasteiger partial charge in [-0.3, -0.25) is 4.79 Å². The number of fused-ring (bicyclic) bond motifs is 5. The zero-order chi connectivity index (χ0) is 16.2. The minimum Gasteiger partial charge on any atom is -0.396 e. The Balaban J connectivity index is 1.65. The second-order valence-electron chi connectivity index (χ2n) is 9.57. The van der Waals surface area contributed by atoms with Gasteiger partial charge < -0.3 is 5.11 Å². The maximum absolute atomic E-state index is 12.2. The predicted octanol–water partition coefficient (Wildman–Crippen LogP) is 4.60. The molecule has 0 aliphatic heterocycles. The van der Waals surface area contributed by atoms with E-state index in [2.05, 4.69) is 6.92 Å². The summed E-state index contributed by atoms with van der Waals surface area (Å²) in [5, 5.41) is 10.4. The van der Waals surface area contributed by atoms with Crippen LogP contribution in [0.3, 0.4) is 0 Å². The lowest BCUT2D eigenvalue weighted by Crippen LogP contribution is -2.55. The number of Topliss-reactive ketones (excluding diaryl/α,β-unsaturated/α-hetero) is 1. The molecule has 0 aromatic heterocycles. The van der Waals surface area contributed by atoms with E-state index in [-0.39, 0.29) is 10.8 Å². The van der Waals surface area contributed by atoms with Gasteiger partial charge in [0.1, 0.15) is 5.78 Å². The Morgan fingerprint density at radius 2 is 1.83 bits per heavy atom. The van der Waals surface area contributed by atoms with Gasteiger partial charge >= 0.3 is 0 Å². The zero-order valence-corrected chi connectivity index (χ0v) is 15.0. The molecule has 0 radical (unpaired) electrons. The Morgan fingerprint density at radius 3 is 2.57 bits per heavy atom. The van der Waals surface area contributed by atoms with E-state index in [4.69, 9.17) is 0 Å². The minimum absolute atomic E-state index is 0.233. The molecule has 0 saturated heterocycles. The fourth-order valence-corrected chi connectivity index (χ4v) is 8.05. The number of hydrogen-bond acceptors (Lipinski definition) is 2. The minimum atomic E-state index is 0.233. The summed E-state index contributed by atoms with van der Waals surface area (Å²) in [5.74, 6) is 3.76. The van der Waals surface area contributed by atoms with Crippen molar-refractivity contribution in [2.24, 2.45) is 40.4 Å². The summed E-state index contributed by atoms with van der Waals surface area (Å²) in [4.78, 5) is 12.2. The molecule has 0 amide bonds. The van der Waals surface area contributed by atoms with Gasteiger partial charge in [0.15, 0.2) is 0 Å². The molecule has 2 heteroatoms. The molecular formula is C21H34O2. The van der Waals surface area contributed by atoms with Gasteiger partial charge in [-0.1, -0.05) is 19.8 Å². The second-order valence-corrected chi connectivity index (χ2v) is 9.57. The largest absolute Gasteiger partial charge is 0.396 e. The first-order valence-corrected chi connectivity index (χ1v) is 10.1. The van der Waals surface area contributed by atoms with Crippen LogP contribution < -0.4 is 0 Å². The lowest BCUT2D eigenvalue weighted by molar-refractivity contribution is -0.145. The molecular weight excluding hydrogens is 284 g/mol. The van der Waals surface area contributed by atoms with Gasteiger partial charge in [0.25, 0.3) is 0 Å². The quantitative estimate of drug-likeness (QED) is 0.808. The molecule has 4 saturated carbocycles. The van der Waals surface area contributed by atoms with Crippen LogP contribution in [-0.2, 0) is 4.79 Å². The standard InChI is InChI=1S/C21H34O2/c1-14(23)17-8-9-18-16-7-6-15-5-3-4-11-21(15,13-22)19(16)10-12-20(17,18)2/h15-19,22H,3-13H2,1-2H3/t15?,16-,17+,18-,19-,20+,21+/m0/s1. The third-order valence-corrected chi connectivity index (χ3v) is 9.07. The van der Waals surface area contributed by atoms with Crippen molar-refractivity contribution >= 4 is 5.78 Å². The van der Waals surface area contributed by atoms with Crippen molar-refractivity contribution < 1.29 is 9.90 Å². The monoisotopic (exact) mass is 318 g/mol. The Bertz CT molecular complexity index is 486. The number of aliphatic hydroxyl groups is 1. The summed E-state index contributed by atoms with van der Waals surface area (Å²) in [7, 11) is 0. The normalized spacial score (nSPS) is 52.4. The van der Waals surface area contributed by atoms with E-state index in [1.807, 2.05) is 6.92 Å². The Hall–Kier alpha value is -0.370. The third kappa shape index (κ3) is 2.12. The molecule has 4 aliphatic rings. The van der Waals surface area contributed by atoms with Gasteiger partial charge in [-0.05, 0) is 92.8 Å². The predicted molar refractivity (Wildman–Crippen MR) is 91.9 cm³/mol. The molecule has 2 nitrogen and oxygen atoms in total. The third-order valence-electron chi connectivity index (χ3n) is 9.07. The van der Waals surface area contributed by atoms with Crippen LogP contribution in [0.5, 0.6) is 0 Å². The fourth-order valence-electron chi connectivity index (χ4n) is 8.05. The van der Waals surface area contributed by atoms with Crippen molar-refractivity contribution in [2.75, 3.05) is 6.61 Å². The number of hydrogen-bond donors (Lipinski definition) is 1. The van der Waals surface area contributed by atoms with Crippen LogP contribution in [0.4, 0.5) is 0 Å². The SMILES string of the molecule is CC(=O)[C@H]1CC[C@H]2[C@@H]3CCC4CCCC[C@]4(CO)[C@H]3CC[C@]12C. The van der Waals surface area contributed by atoms with E-state index in [0.717, 1.165) is 30.1 Å². The molecule has 1 unspecified atom stereocenters. The molecule has 4 rings (SSSR count). The van der Waals surface area contributed by atoms with Crippen LogP contribution in [0, 0.1) is 40.4 Å². The van der Waals surface area contributed by atoms with E-state index < -0.39 is 0 Å². The number of rotatable bonds is 2. The van der Waals surface area contributed by atoms with Crippen LogP contribution in [-0.4, -0.2) is 17.5 Å². The van der Waals surface area contributed by atoms with Crippen LogP contribution in [0.25, 0.3) is 0 Å². The van der Waals surface area contributed by atoms with Crippen molar-refractivity contribution in [1.82, 2.24) is 0 Å². The van der Waals surface area contributed by atoms with Crippen LogP contribution >= 0.6 is 0 Å². The number of ketones is 1. The molecule has 130 valence electrons. The highest BCUT2D eigenvalue weighted by atomic mass is 16.3. The lowest BCUT2D eigenvalue weighted by atomic mass is 9.44. The van der Waals surface area contributed by atoms with E-state index in [0.29, 0.717) is 18.3 Å². The first-order chi connectivity index (χ1) is 11.0. The van der Waals surface area contributed by atoms with E-state index in [1.165, 1.54) is 57.8 Å². The molecule has 23 heavy (non-hydrogen) atoms. The van der Waals surface area contributed by atoms with E-state index in [1.54, 1.807) is 0 Å². The smallest absolute Gasteiger partial charge is 0.133 e. The van der Waals surface area contributed by atoms with Gasteiger partial charge in [0.2, 0.25) is 0 Å². The summed E-state index contributed by atoms with van der Waals surface area (Å²) < 4.78 is 0. The topological polar surface area (TPSA) is 37.3 Å². The van der Waals surface area contributed by atoms with Crippen LogP contribution in [0.2, 0.25) is 0 Å². The van der Waals surface area contributed by atoms with Gasteiger partial charge in [-0.15, -0.1) is 0 Å². The first-order valence-electron chi connectivity index (χ1n) is 10.1. The molecule has 0 spiro atoms. The highest BCUT2D eigenvalue weighted by molar-refractivity contribution is 5.79. The van der Waals surface area contributed by atoms with Crippen LogP contribution in [0.1, 0.15) is 78.1 Å². The highest BCUT2D eigenvalue weighted by Crippen LogP contribution is 2.67. The van der Waals surface area contributed by atoms with Gasteiger partial charge in [0, 0.05) is 12.5 Å². The van der Waals surface area contributed by atoms with Crippen molar-refractivity contribution in [1.29, 1.82) is 0 Å². The highest BCUT2D eigenvalue weighted by Gasteiger charge is 2.61. The van der Waals surface area contributed by atoms with Gasteiger partial charge in [-0.25, -0.2) is 0 Å². The van der Waals surface area contributed by atoms with E-state index >= 15 is 0 Å². The second kappa shape index (κ2) is 5.58. The molecule has 0 heterocycles. The van der Waals surface area contributed by atoms with Gasteiger partial charge in [-0.2, -0.15) is 0 Å². The van der Waals surface area contributed by atoms with E-state index in [9.17, 15) is 9.90 Å². The Kier molecular flexibility index (Phi) is 3.91. The molecule has 0 aromatic rings. The zero-order valence-electron chi connectivity index (χ0n) is 15.0. The maximum atomic E-state index is 12.2. The maximum Gasteiger partial charge on any atom is 0.133 e. The average molecular weight is 319 g/mol. The van der Waals surface area contributed by atoms with Crippen molar-refractivity contribution in [2.45, 2.75) is 78.1 Å². The first kappa shape index (κ1) is 16.1. The average Bonchev–Trinajstić information content (AvgIpc) is 2.91.